The molecule has 4 heteroatoms. The first-order valence-corrected chi connectivity index (χ1v) is 8.45. The Balaban J connectivity index is 1.72. The second kappa shape index (κ2) is 6.55. The van der Waals surface area contributed by atoms with Gasteiger partial charge in [0.2, 0.25) is 0 Å². The fourth-order valence-corrected chi connectivity index (χ4v) is 4.22. The van der Waals surface area contributed by atoms with Gasteiger partial charge in [0.1, 0.15) is 0 Å². The third kappa shape index (κ3) is 3.08. The molecule has 2 nitrogen and oxygen atoms in total. The Labute approximate surface area is 131 Å². The van der Waals surface area contributed by atoms with Gasteiger partial charge in [0.25, 0.3) is 0 Å². The molecule has 2 aliphatic rings. The molecule has 110 valence electrons. The molecule has 2 fully saturated rings. The molecule has 3 rings (SSSR count). The summed E-state index contributed by atoms with van der Waals surface area (Å²) in [4.78, 5) is 0. The zero-order valence-electron chi connectivity index (χ0n) is 11.7. The van der Waals surface area contributed by atoms with Gasteiger partial charge in [-0.2, -0.15) is 0 Å². The molecule has 2 N–H and O–H groups in total. The molecule has 3 atom stereocenters. The number of anilines is 1. The van der Waals surface area contributed by atoms with Crippen LogP contribution in [0.5, 0.6) is 0 Å². The summed E-state index contributed by atoms with van der Waals surface area (Å²) in [5.74, 6) is 0.697. The molecule has 1 heterocycles. The van der Waals surface area contributed by atoms with Gasteiger partial charge in [0.05, 0.1) is 15.7 Å². The summed E-state index contributed by atoms with van der Waals surface area (Å²) in [5, 5.41) is 8.76. The Morgan fingerprint density at radius 2 is 1.80 bits per heavy atom. The highest BCUT2D eigenvalue weighted by Gasteiger charge is 2.34. The Morgan fingerprint density at radius 1 is 1.00 bits per heavy atom. The Bertz CT molecular complexity index is 438. The summed E-state index contributed by atoms with van der Waals surface area (Å²) < 4.78 is 0. The van der Waals surface area contributed by atoms with Gasteiger partial charge in [-0.3, -0.25) is 0 Å². The first kappa shape index (κ1) is 14.5. The predicted molar refractivity (Wildman–Crippen MR) is 86.9 cm³/mol. The highest BCUT2D eigenvalue weighted by molar-refractivity contribution is 6.39. The van der Waals surface area contributed by atoms with Gasteiger partial charge in [0, 0.05) is 12.1 Å². The van der Waals surface area contributed by atoms with E-state index < -0.39 is 0 Å². The molecule has 0 spiro atoms. The molecule has 3 unspecified atom stereocenters. The van der Waals surface area contributed by atoms with Crippen LogP contribution in [0.1, 0.15) is 38.5 Å². The molecular formula is C16H22Cl2N2. The Hall–Kier alpha value is -0.440. The maximum Gasteiger partial charge on any atom is 0.0721 e. The van der Waals surface area contributed by atoms with E-state index in [1.165, 1.54) is 45.1 Å². The van der Waals surface area contributed by atoms with Crippen molar-refractivity contribution >= 4 is 28.9 Å². The lowest BCUT2D eigenvalue weighted by atomic mass is 9.88. The third-order valence-corrected chi connectivity index (χ3v) is 5.36. The molecule has 1 aromatic carbocycles. The number of hydrogen-bond acceptors (Lipinski definition) is 2. The molecule has 0 bridgehead atoms. The predicted octanol–water partition coefficient (Wildman–Crippen LogP) is 4.72. The lowest BCUT2D eigenvalue weighted by Gasteiger charge is -2.33. The number of rotatable bonds is 3. The fourth-order valence-electron chi connectivity index (χ4n) is 3.71. The van der Waals surface area contributed by atoms with Crippen molar-refractivity contribution < 1.29 is 0 Å². The van der Waals surface area contributed by atoms with Gasteiger partial charge in [-0.1, -0.05) is 42.1 Å². The van der Waals surface area contributed by atoms with Crippen molar-refractivity contribution in [1.82, 2.24) is 5.32 Å². The van der Waals surface area contributed by atoms with Crippen LogP contribution in [0.4, 0.5) is 5.69 Å². The number of para-hydroxylation sites is 1. The minimum Gasteiger partial charge on any atom is -0.380 e. The van der Waals surface area contributed by atoms with E-state index in [2.05, 4.69) is 10.6 Å². The summed E-state index contributed by atoms with van der Waals surface area (Å²) in [5.41, 5.74) is 0.906. The quantitative estimate of drug-likeness (QED) is 0.844. The number of hydrogen-bond donors (Lipinski definition) is 2. The molecule has 1 aliphatic heterocycles. The average Bonchev–Trinajstić information content (AvgIpc) is 2.92. The van der Waals surface area contributed by atoms with Crippen LogP contribution in [0, 0.1) is 5.92 Å². The van der Waals surface area contributed by atoms with E-state index in [0.29, 0.717) is 18.0 Å². The highest BCUT2D eigenvalue weighted by Crippen LogP contribution is 2.37. The summed E-state index contributed by atoms with van der Waals surface area (Å²) in [7, 11) is 0. The van der Waals surface area contributed by atoms with Gasteiger partial charge >= 0.3 is 0 Å². The zero-order valence-corrected chi connectivity index (χ0v) is 13.2. The van der Waals surface area contributed by atoms with E-state index in [0.717, 1.165) is 15.7 Å². The monoisotopic (exact) mass is 312 g/mol. The lowest BCUT2D eigenvalue weighted by Crippen LogP contribution is -2.44. The first-order valence-electron chi connectivity index (χ1n) is 7.69. The van der Waals surface area contributed by atoms with E-state index in [4.69, 9.17) is 23.2 Å². The van der Waals surface area contributed by atoms with Crippen molar-refractivity contribution in [2.45, 2.75) is 50.6 Å². The number of piperidine rings is 1. The van der Waals surface area contributed by atoms with Gasteiger partial charge < -0.3 is 10.6 Å². The van der Waals surface area contributed by atoms with Gasteiger partial charge in [0.15, 0.2) is 0 Å². The summed E-state index contributed by atoms with van der Waals surface area (Å²) >= 11 is 12.6. The molecule has 1 saturated heterocycles. The molecule has 0 aromatic heterocycles. The van der Waals surface area contributed by atoms with Crippen molar-refractivity contribution in [3.8, 4) is 0 Å². The number of benzene rings is 1. The molecule has 20 heavy (non-hydrogen) atoms. The first-order chi connectivity index (χ1) is 9.75. The van der Waals surface area contributed by atoms with Gasteiger partial charge in [-0.15, -0.1) is 0 Å². The van der Waals surface area contributed by atoms with Crippen LogP contribution in [0.25, 0.3) is 0 Å². The minimum absolute atomic E-state index is 0.489. The van der Waals surface area contributed by atoms with E-state index in [9.17, 15) is 0 Å². The van der Waals surface area contributed by atoms with Crippen LogP contribution < -0.4 is 10.6 Å². The van der Waals surface area contributed by atoms with Crippen molar-refractivity contribution in [3.05, 3.63) is 28.2 Å². The summed E-state index contributed by atoms with van der Waals surface area (Å²) in [6.45, 7) is 1.17. The van der Waals surface area contributed by atoms with Crippen LogP contribution in [-0.2, 0) is 0 Å². The smallest absolute Gasteiger partial charge is 0.0721 e. The molecule has 0 radical (unpaired) electrons. The highest BCUT2D eigenvalue weighted by atomic mass is 35.5. The third-order valence-electron chi connectivity index (χ3n) is 4.73. The van der Waals surface area contributed by atoms with E-state index in [1.807, 2.05) is 18.2 Å². The van der Waals surface area contributed by atoms with Crippen molar-refractivity contribution in [2.24, 2.45) is 5.92 Å². The van der Waals surface area contributed by atoms with Crippen LogP contribution in [-0.4, -0.2) is 18.6 Å². The van der Waals surface area contributed by atoms with E-state index in [-0.39, 0.29) is 0 Å². The topological polar surface area (TPSA) is 24.1 Å². The maximum absolute atomic E-state index is 6.28. The second-order valence-electron chi connectivity index (χ2n) is 6.00. The van der Waals surface area contributed by atoms with Gasteiger partial charge in [-0.25, -0.2) is 0 Å². The molecule has 1 aromatic rings. The second-order valence-corrected chi connectivity index (χ2v) is 6.81. The van der Waals surface area contributed by atoms with Crippen molar-refractivity contribution in [2.75, 3.05) is 11.9 Å². The molecule has 1 saturated carbocycles. The fraction of sp³-hybridized carbons (Fsp3) is 0.625. The summed E-state index contributed by atoms with van der Waals surface area (Å²) in [6.07, 6.45) is 7.79. The lowest BCUT2D eigenvalue weighted by molar-refractivity contribution is 0.286. The van der Waals surface area contributed by atoms with E-state index in [1.54, 1.807) is 0 Å². The van der Waals surface area contributed by atoms with Gasteiger partial charge in [-0.05, 0) is 50.3 Å². The van der Waals surface area contributed by atoms with Crippen LogP contribution >= 0.6 is 23.2 Å². The molecular weight excluding hydrogens is 291 g/mol. The summed E-state index contributed by atoms with van der Waals surface area (Å²) in [6, 6.07) is 6.84. The standard InChI is InChI=1S/C16H22Cl2N2/c17-12-6-4-7-13(18)16(12)20-15-9-3-5-11(15)14-8-1-2-10-19-14/h4,6-7,11,14-15,19-20H,1-3,5,8-10H2. The van der Waals surface area contributed by atoms with Crippen LogP contribution in [0.15, 0.2) is 18.2 Å². The average molecular weight is 313 g/mol. The zero-order chi connectivity index (χ0) is 13.9. The molecule has 1 aliphatic carbocycles. The van der Waals surface area contributed by atoms with Crippen LogP contribution in [0.2, 0.25) is 10.0 Å². The Morgan fingerprint density at radius 3 is 2.50 bits per heavy atom. The minimum atomic E-state index is 0.489. The SMILES string of the molecule is Clc1cccc(Cl)c1NC1CCCC1C1CCCCN1. The van der Waals surface area contributed by atoms with Crippen molar-refractivity contribution in [1.29, 1.82) is 0 Å². The normalized spacial score (nSPS) is 30.4. The van der Waals surface area contributed by atoms with E-state index >= 15 is 0 Å². The molecule has 0 amide bonds. The largest absolute Gasteiger partial charge is 0.380 e. The Kier molecular flexibility index (Phi) is 4.75. The number of nitrogens with one attached hydrogen (secondary N) is 2. The van der Waals surface area contributed by atoms with Crippen LogP contribution in [0.3, 0.4) is 0 Å². The number of halogens is 2. The van der Waals surface area contributed by atoms with Crippen molar-refractivity contribution in [3.63, 3.8) is 0 Å². The maximum atomic E-state index is 6.28.